The van der Waals surface area contributed by atoms with Gasteiger partial charge in [0.05, 0.1) is 21.8 Å². The molecule has 176 valence electrons. The summed E-state index contributed by atoms with van der Waals surface area (Å²) in [6, 6.07) is 18.6. The smallest absolute Gasteiger partial charge is 0.264 e. The summed E-state index contributed by atoms with van der Waals surface area (Å²) >= 11 is 0. The number of rotatable bonds is 6. The zero-order chi connectivity index (χ0) is 24.5. The van der Waals surface area contributed by atoms with Crippen molar-refractivity contribution in [1.29, 1.82) is 0 Å². The largest absolute Gasteiger partial charge is 0.350 e. The zero-order valence-corrected chi connectivity index (χ0v) is 20.1. The van der Waals surface area contributed by atoms with E-state index in [0.717, 1.165) is 6.42 Å². The Morgan fingerprint density at radius 1 is 0.912 bits per heavy atom. The lowest BCUT2D eigenvalue weighted by Gasteiger charge is -2.31. The first-order chi connectivity index (χ1) is 16.3. The van der Waals surface area contributed by atoms with E-state index in [2.05, 4.69) is 10.6 Å². The van der Waals surface area contributed by atoms with Gasteiger partial charge in [-0.25, -0.2) is 8.42 Å². The van der Waals surface area contributed by atoms with Crippen LogP contribution in [0.2, 0.25) is 0 Å². The van der Waals surface area contributed by atoms with Gasteiger partial charge in [0, 0.05) is 29.3 Å². The molecule has 4 rings (SSSR count). The van der Waals surface area contributed by atoms with Crippen molar-refractivity contribution in [2.45, 2.75) is 38.1 Å². The van der Waals surface area contributed by atoms with Crippen LogP contribution >= 0.6 is 0 Å². The van der Waals surface area contributed by atoms with E-state index in [1.807, 2.05) is 13.8 Å². The topological polar surface area (TPSA) is 95.6 Å². The standard InChI is InChI=1S/C26H27N3O4S/c1-4-17(3)27-26(31)20-11-6-8-12-22(20)28-25(30)18-14-15-23-21(16-18)19-10-7-9-13-24(19)34(32,33)29(23)5-2/h6-17H,4-5H2,1-3H3,(H,27,31)(H,28,30)/t17-/m0/s1. The molecule has 3 aromatic carbocycles. The highest BCUT2D eigenvalue weighted by atomic mass is 32.2. The summed E-state index contributed by atoms with van der Waals surface area (Å²) < 4.78 is 27.5. The normalized spacial score (nSPS) is 14.5. The molecule has 0 bridgehead atoms. The Labute approximate surface area is 199 Å². The minimum atomic E-state index is -3.67. The first-order valence-electron chi connectivity index (χ1n) is 11.2. The van der Waals surface area contributed by atoms with Gasteiger partial charge in [0.2, 0.25) is 0 Å². The minimum Gasteiger partial charge on any atom is -0.350 e. The van der Waals surface area contributed by atoms with Crippen LogP contribution in [-0.4, -0.2) is 32.8 Å². The summed E-state index contributed by atoms with van der Waals surface area (Å²) in [7, 11) is -3.67. The number of para-hydroxylation sites is 1. The molecule has 0 fully saturated rings. The highest BCUT2D eigenvalue weighted by molar-refractivity contribution is 7.93. The van der Waals surface area contributed by atoms with E-state index in [0.29, 0.717) is 33.6 Å². The van der Waals surface area contributed by atoms with Crippen molar-refractivity contribution in [2.24, 2.45) is 0 Å². The van der Waals surface area contributed by atoms with Gasteiger partial charge >= 0.3 is 0 Å². The summed E-state index contributed by atoms with van der Waals surface area (Å²) in [5.41, 5.74) is 2.91. The maximum absolute atomic E-state index is 13.2. The van der Waals surface area contributed by atoms with Crippen LogP contribution in [0.3, 0.4) is 0 Å². The number of fused-ring (bicyclic) bond motifs is 3. The maximum atomic E-state index is 13.2. The lowest BCUT2D eigenvalue weighted by atomic mass is 9.99. The number of anilines is 2. The number of nitrogens with one attached hydrogen (secondary N) is 2. The van der Waals surface area contributed by atoms with E-state index in [1.54, 1.807) is 73.7 Å². The molecule has 0 unspecified atom stereocenters. The quantitative estimate of drug-likeness (QED) is 0.540. The Balaban J connectivity index is 1.69. The van der Waals surface area contributed by atoms with Gasteiger partial charge in [-0.15, -0.1) is 0 Å². The molecule has 0 aromatic heterocycles. The molecule has 1 aliphatic rings. The predicted octanol–water partition coefficient (Wildman–Crippen LogP) is 4.66. The average Bonchev–Trinajstić information content (AvgIpc) is 2.84. The number of nitrogens with zero attached hydrogens (tertiary/aromatic N) is 1. The van der Waals surface area contributed by atoms with Crippen LogP contribution in [0.15, 0.2) is 71.6 Å². The zero-order valence-electron chi connectivity index (χ0n) is 19.3. The van der Waals surface area contributed by atoms with Crippen LogP contribution in [0.25, 0.3) is 11.1 Å². The molecule has 1 heterocycles. The molecule has 3 aromatic rings. The van der Waals surface area contributed by atoms with Crippen molar-refractivity contribution in [2.75, 3.05) is 16.2 Å². The number of benzene rings is 3. The van der Waals surface area contributed by atoms with E-state index in [1.165, 1.54) is 4.31 Å². The minimum absolute atomic E-state index is 0.00904. The molecule has 0 spiro atoms. The summed E-state index contributed by atoms with van der Waals surface area (Å²) in [5, 5.41) is 5.76. The second kappa shape index (κ2) is 9.30. The fourth-order valence-electron chi connectivity index (χ4n) is 4.00. The Morgan fingerprint density at radius 2 is 1.62 bits per heavy atom. The molecule has 0 saturated heterocycles. The third-order valence-corrected chi connectivity index (χ3v) is 7.92. The molecule has 34 heavy (non-hydrogen) atoms. The second-order valence-corrected chi connectivity index (χ2v) is 10.0. The molecule has 0 saturated carbocycles. The van der Waals surface area contributed by atoms with E-state index in [-0.39, 0.29) is 29.3 Å². The first-order valence-corrected chi connectivity index (χ1v) is 12.7. The molecule has 8 heteroatoms. The number of hydrogen-bond acceptors (Lipinski definition) is 4. The molecular weight excluding hydrogens is 450 g/mol. The van der Waals surface area contributed by atoms with Gasteiger partial charge in [0.1, 0.15) is 0 Å². The average molecular weight is 478 g/mol. The number of hydrogen-bond donors (Lipinski definition) is 2. The van der Waals surface area contributed by atoms with Crippen LogP contribution in [-0.2, 0) is 10.0 Å². The third-order valence-electron chi connectivity index (χ3n) is 5.97. The van der Waals surface area contributed by atoms with Crippen molar-refractivity contribution < 1.29 is 18.0 Å². The van der Waals surface area contributed by atoms with Gasteiger partial charge < -0.3 is 10.6 Å². The Morgan fingerprint density at radius 3 is 2.35 bits per heavy atom. The van der Waals surface area contributed by atoms with Gasteiger partial charge in [-0.05, 0) is 56.7 Å². The van der Waals surface area contributed by atoms with E-state index in [9.17, 15) is 18.0 Å². The Kier molecular flexibility index (Phi) is 6.43. The van der Waals surface area contributed by atoms with Crippen LogP contribution < -0.4 is 14.9 Å². The van der Waals surface area contributed by atoms with E-state index in [4.69, 9.17) is 0 Å². The van der Waals surface area contributed by atoms with E-state index >= 15 is 0 Å². The molecule has 1 atom stereocenters. The van der Waals surface area contributed by atoms with Crippen molar-refractivity contribution >= 4 is 33.2 Å². The van der Waals surface area contributed by atoms with Crippen LogP contribution in [0, 0.1) is 0 Å². The first kappa shape index (κ1) is 23.5. The lowest BCUT2D eigenvalue weighted by Crippen LogP contribution is -2.34. The van der Waals surface area contributed by atoms with Crippen LogP contribution in [0.1, 0.15) is 47.9 Å². The van der Waals surface area contributed by atoms with E-state index < -0.39 is 10.0 Å². The van der Waals surface area contributed by atoms with Crippen LogP contribution in [0.4, 0.5) is 11.4 Å². The monoisotopic (exact) mass is 477 g/mol. The van der Waals surface area contributed by atoms with Crippen molar-refractivity contribution in [3.05, 3.63) is 77.9 Å². The SMILES string of the molecule is CC[C@H](C)NC(=O)c1ccccc1NC(=O)c1ccc2c(c1)-c1ccccc1S(=O)(=O)N2CC. The lowest BCUT2D eigenvalue weighted by molar-refractivity contribution is 0.0940. The number of carbonyl (C=O) groups excluding carboxylic acids is 2. The molecular formula is C26H27N3O4S. The number of carbonyl (C=O) groups is 2. The molecule has 0 aliphatic carbocycles. The molecule has 1 aliphatic heterocycles. The van der Waals surface area contributed by atoms with Crippen molar-refractivity contribution in [1.82, 2.24) is 5.32 Å². The van der Waals surface area contributed by atoms with Gasteiger partial charge in [-0.1, -0.05) is 37.3 Å². The molecule has 7 nitrogen and oxygen atoms in total. The van der Waals surface area contributed by atoms with Crippen molar-refractivity contribution in [3.8, 4) is 11.1 Å². The van der Waals surface area contributed by atoms with Crippen molar-refractivity contribution in [3.63, 3.8) is 0 Å². The third kappa shape index (κ3) is 4.17. The van der Waals surface area contributed by atoms with Gasteiger partial charge in [-0.3, -0.25) is 13.9 Å². The van der Waals surface area contributed by atoms with Gasteiger partial charge in [0.25, 0.3) is 21.8 Å². The fourth-order valence-corrected chi connectivity index (χ4v) is 5.70. The fraction of sp³-hybridized carbons (Fsp3) is 0.231. The van der Waals surface area contributed by atoms with Crippen LogP contribution in [0.5, 0.6) is 0 Å². The number of amides is 2. The highest BCUT2D eigenvalue weighted by Gasteiger charge is 2.34. The Bertz CT molecular complexity index is 1370. The summed E-state index contributed by atoms with van der Waals surface area (Å²) in [4.78, 5) is 26.1. The summed E-state index contributed by atoms with van der Waals surface area (Å²) in [6.07, 6.45) is 0.793. The maximum Gasteiger partial charge on any atom is 0.264 e. The summed E-state index contributed by atoms with van der Waals surface area (Å²) in [5.74, 6) is -0.644. The molecule has 0 radical (unpaired) electrons. The summed E-state index contributed by atoms with van der Waals surface area (Å²) in [6.45, 7) is 5.95. The molecule has 2 amide bonds. The number of sulfonamides is 1. The highest BCUT2D eigenvalue weighted by Crippen LogP contribution is 2.43. The van der Waals surface area contributed by atoms with Gasteiger partial charge in [0.15, 0.2) is 0 Å². The van der Waals surface area contributed by atoms with Gasteiger partial charge in [-0.2, -0.15) is 0 Å². The molecule has 2 N–H and O–H groups in total. The second-order valence-electron chi connectivity index (χ2n) is 8.18. The Hall–Kier alpha value is -3.65. The predicted molar refractivity (Wildman–Crippen MR) is 134 cm³/mol.